The van der Waals surface area contributed by atoms with Crippen molar-refractivity contribution in [1.82, 2.24) is 5.32 Å². The van der Waals surface area contributed by atoms with E-state index < -0.39 is 11.9 Å². The van der Waals surface area contributed by atoms with Gasteiger partial charge < -0.3 is 15.8 Å². The second-order valence-electron chi connectivity index (χ2n) is 3.87. The summed E-state index contributed by atoms with van der Waals surface area (Å²) in [7, 11) is 1.58. The van der Waals surface area contributed by atoms with E-state index in [0.29, 0.717) is 19.5 Å². The van der Waals surface area contributed by atoms with E-state index in [0.717, 1.165) is 11.3 Å². The van der Waals surface area contributed by atoms with Gasteiger partial charge in [0.15, 0.2) is 0 Å². The van der Waals surface area contributed by atoms with Gasteiger partial charge >= 0.3 is 0 Å². The van der Waals surface area contributed by atoms with E-state index in [4.69, 9.17) is 16.0 Å². The zero-order chi connectivity index (χ0) is 14.1. The molecule has 19 heavy (non-hydrogen) atoms. The Morgan fingerprint density at radius 2 is 2.21 bits per heavy atom. The second-order valence-corrected chi connectivity index (χ2v) is 3.87. The van der Waals surface area contributed by atoms with Crippen LogP contribution in [0.2, 0.25) is 0 Å². The van der Waals surface area contributed by atoms with Crippen molar-refractivity contribution in [3.8, 4) is 5.75 Å². The first-order valence-electron chi connectivity index (χ1n) is 5.86. The van der Waals surface area contributed by atoms with Gasteiger partial charge in [0, 0.05) is 11.5 Å². The van der Waals surface area contributed by atoms with Crippen molar-refractivity contribution >= 4 is 5.91 Å². The van der Waals surface area contributed by atoms with Crippen molar-refractivity contribution in [1.29, 1.82) is 0 Å². The number of nitrogens with one attached hydrogen (secondary N) is 1. The van der Waals surface area contributed by atoms with Crippen LogP contribution < -0.4 is 15.8 Å². The van der Waals surface area contributed by atoms with Gasteiger partial charge in [0.2, 0.25) is 5.91 Å². The minimum absolute atomic E-state index is 0.387. The summed E-state index contributed by atoms with van der Waals surface area (Å²) in [6.45, 7) is 0.927. The maximum absolute atomic E-state index is 11.4. The molecular weight excluding hydrogens is 246 g/mol. The van der Waals surface area contributed by atoms with Crippen molar-refractivity contribution in [3.63, 3.8) is 0 Å². The Kier molecular flexibility index (Phi) is 6.21. The summed E-state index contributed by atoms with van der Waals surface area (Å²) in [6, 6.07) is 6.56. The zero-order valence-electron chi connectivity index (χ0n) is 10.7. The molecule has 0 aliphatic carbocycles. The molecule has 0 fully saturated rings. The minimum atomic E-state index is -0.558. The molecule has 0 spiro atoms. The van der Waals surface area contributed by atoms with Gasteiger partial charge in [0.25, 0.3) is 0 Å². The summed E-state index contributed by atoms with van der Waals surface area (Å²) >= 11 is 0. The number of nitrogens with two attached hydrogens (primary N) is 1. The van der Waals surface area contributed by atoms with Crippen LogP contribution in [0.5, 0.6) is 5.75 Å². The zero-order valence-corrected chi connectivity index (χ0v) is 10.7. The van der Waals surface area contributed by atoms with E-state index in [1.165, 1.54) is 0 Å². The summed E-state index contributed by atoms with van der Waals surface area (Å²) in [6.07, 6.45) is 0.643. The minimum Gasteiger partial charge on any atom is -0.497 e. The molecule has 1 aromatic rings. The van der Waals surface area contributed by atoms with Gasteiger partial charge in [-0.3, -0.25) is 4.79 Å². The van der Waals surface area contributed by atoms with Gasteiger partial charge in [-0.2, -0.15) is 0 Å². The van der Waals surface area contributed by atoms with Crippen LogP contribution in [0.25, 0.3) is 10.4 Å². The molecule has 0 saturated heterocycles. The van der Waals surface area contributed by atoms with Crippen molar-refractivity contribution in [2.45, 2.75) is 12.5 Å². The first kappa shape index (κ1) is 14.8. The quantitative estimate of drug-likeness (QED) is 0.320. The molecule has 1 unspecified atom stereocenters. The first-order chi connectivity index (χ1) is 9.19. The highest BCUT2D eigenvalue weighted by Crippen LogP contribution is 2.17. The number of ether oxygens (including phenoxy) is 1. The number of azide groups is 1. The summed E-state index contributed by atoms with van der Waals surface area (Å²) in [5.41, 5.74) is 14.3. The lowest BCUT2D eigenvalue weighted by Crippen LogP contribution is -2.34. The molecule has 1 rings (SSSR count). The van der Waals surface area contributed by atoms with Crippen molar-refractivity contribution in [3.05, 3.63) is 40.3 Å². The molecule has 3 N–H and O–H groups in total. The Hall–Kier alpha value is -2.24. The number of rotatable bonds is 8. The number of carbonyl (C=O) groups is 1. The molecule has 7 heteroatoms. The lowest BCUT2D eigenvalue weighted by atomic mass is 10.1. The number of carbonyl (C=O) groups excluding carboxylic acids is 1. The molecule has 0 bridgehead atoms. The van der Waals surface area contributed by atoms with Gasteiger partial charge in [-0.25, -0.2) is 0 Å². The number of methoxy groups -OCH3 is 1. The molecule has 0 saturated carbocycles. The van der Waals surface area contributed by atoms with E-state index in [1.807, 2.05) is 0 Å². The van der Waals surface area contributed by atoms with E-state index >= 15 is 0 Å². The van der Waals surface area contributed by atoms with Crippen LogP contribution in [0.15, 0.2) is 29.4 Å². The van der Waals surface area contributed by atoms with E-state index in [9.17, 15) is 4.79 Å². The number of hydrogen-bond acceptors (Lipinski definition) is 4. The lowest BCUT2D eigenvalue weighted by Gasteiger charge is -2.15. The van der Waals surface area contributed by atoms with Crippen LogP contribution in [0, 0.1) is 0 Å². The summed E-state index contributed by atoms with van der Waals surface area (Å²) in [5.74, 6) is 0.268. The van der Waals surface area contributed by atoms with Crippen LogP contribution in [-0.2, 0) is 4.79 Å². The lowest BCUT2D eigenvalue weighted by molar-refractivity contribution is -0.120. The third-order valence-corrected chi connectivity index (χ3v) is 2.58. The molecule has 102 valence electrons. The largest absolute Gasteiger partial charge is 0.497 e. The van der Waals surface area contributed by atoms with E-state index in [-0.39, 0.29) is 0 Å². The van der Waals surface area contributed by atoms with Crippen LogP contribution in [0.3, 0.4) is 0 Å². The van der Waals surface area contributed by atoms with Gasteiger partial charge in [0.1, 0.15) is 11.8 Å². The fraction of sp³-hybridized carbons (Fsp3) is 0.417. The fourth-order valence-corrected chi connectivity index (χ4v) is 1.62. The summed E-state index contributed by atoms with van der Waals surface area (Å²) in [5, 5.41) is 6.45. The maximum atomic E-state index is 11.4. The van der Waals surface area contributed by atoms with Crippen LogP contribution in [0.4, 0.5) is 0 Å². The third kappa shape index (κ3) is 4.87. The standard InChI is InChI=1S/C12H17N5O2/c1-19-10-5-3-9(4-6-10)11(12(13)18)15-7-2-8-16-17-14/h3-6,11,15H,2,7-8H2,1H3,(H2,13,18). The molecule has 0 heterocycles. The highest BCUT2D eigenvalue weighted by atomic mass is 16.5. The van der Waals surface area contributed by atoms with Gasteiger partial charge in [-0.15, -0.1) is 0 Å². The number of primary amides is 1. The van der Waals surface area contributed by atoms with Crippen molar-refractivity contribution in [2.24, 2.45) is 10.8 Å². The topological polar surface area (TPSA) is 113 Å². The van der Waals surface area contributed by atoms with Gasteiger partial charge in [-0.05, 0) is 36.2 Å². The number of benzene rings is 1. The average Bonchev–Trinajstić information content (AvgIpc) is 2.43. The summed E-state index contributed by atoms with van der Waals surface area (Å²) < 4.78 is 5.05. The van der Waals surface area contributed by atoms with Crippen LogP contribution in [-0.4, -0.2) is 26.1 Å². The van der Waals surface area contributed by atoms with Crippen molar-refractivity contribution in [2.75, 3.05) is 20.2 Å². The number of amides is 1. The molecule has 0 radical (unpaired) electrons. The maximum Gasteiger partial charge on any atom is 0.239 e. The van der Waals surface area contributed by atoms with E-state index in [1.54, 1.807) is 31.4 Å². The Balaban J connectivity index is 2.60. The van der Waals surface area contributed by atoms with Gasteiger partial charge in [-0.1, -0.05) is 17.2 Å². The Morgan fingerprint density at radius 1 is 1.53 bits per heavy atom. The highest BCUT2D eigenvalue weighted by Gasteiger charge is 2.16. The molecule has 1 atom stereocenters. The number of hydrogen-bond donors (Lipinski definition) is 2. The second kappa shape index (κ2) is 7.97. The van der Waals surface area contributed by atoms with Gasteiger partial charge in [0.05, 0.1) is 7.11 Å². The number of nitrogens with zero attached hydrogens (tertiary/aromatic N) is 3. The Morgan fingerprint density at radius 3 is 2.74 bits per heavy atom. The molecule has 7 nitrogen and oxygen atoms in total. The normalized spacial score (nSPS) is 11.4. The molecular formula is C12H17N5O2. The molecule has 1 amide bonds. The molecule has 0 aliphatic rings. The van der Waals surface area contributed by atoms with E-state index in [2.05, 4.69) is 15.3 Å². The molecule has 0 aromatic heterocycles. The average molecular weight is 263 g/mol. The predicted octanol–water partition coefficient (Wildman–Crippen LogP) is 1.51. The SMILES string of the molecule is COc1ccc(C(NCCCN=[N+]=[N-])C(N)=O)cc1. The first-order valence-corrected chi connectivity index (χ1v) is 5.86. The highest BCUT2D eigenvalue weighted by molar-refractivity contribution is 5.81. The van der Waals surface area contributed by atoms with Crippen molar-refractivity contribution < 1.29 is 9.53 Å². The van der Waals surface area contributed by atoms with Crippen LogP contribution in [0.1, 0.15) is 18.0 Å². The monoisotopic (exact) mass is 263 g/mol. The predicted molar refractivity (Wildman–Crippen MR) is 71.6 cm³/mol. The third-order valence-electron chi connectivity index (χ3n) is 2.58. The Bertz CT molecular complexity index is 454. The van der Waals surface area contributed by atoms with Crippen LogP contribution >= 0.6 is 0 Å². The molecule has 1 aromatic carbocycles. The summed E-state index contributed by atoms with van der Waals surface area (Å²) in [4.78, 5) is 14.1. The fourth-order valence-electron chi connectivity index (χ4n) is 1.62. The smallest absolute Gasteiger partial charge is 0.239 e. The molecule has 0 aliphatic heterocycles. The Labute approximate surface area is 111 Å².